The first kappa shape index (κ1) is 13.6. The molecule has 1 aliphatic carbocycles. The summed E-state index contributed by atoms with van der Waals surface area (Å²) in [6, 6.07) is 2.46. The van der Waals surface area contributed by atoms with Crippen LogP contribution in [0.5, 0.6) is 0 Å². The van der Waals surface area contributed by atoms with Crippen LogP contribution < -0.4 is 11.1 Å². The number of rotatable bonds is 5. The van der Waals surface area contributed by atoms with Gasteiger partial charge in [0.15, 0.2) is 0 Å². The first-order chi connectivity index (χ1) is 8.66. The van der Waals surface area contributed by atoms with Crippen LogP contribution in [0.4, 0.5) is 0 Å². The second-order valence-electron chi connectivity index (χ2n) is 5.23. The lowest BCUT2D eigenvalue weighted by atomic mass is 9.84. The van der Waals surface area contributed by atoms with Crippen molar-refractivity contribution in [3.05, 3.63) is 21.9 Å². The molecule has 2 rings (SSSR count). The highest BCUT2D eigenvalue weighted by atomic mass is 32.1. The molecule has 1 amide bonds. The molecule has 0 bridgehead atoms. The molecule has 0 saturated heterocycles. The van der Waals surface area contributed by atoms with E-state index in [2.05, 4.69) is 12.2 Å². The fraction of sp³-hybridized carbons (Fsp3) is 0.643. The van der Waals surface area contributed by atoms with E-state index in [0.29, 0.717) is 11.6 Å². The largest absolute Gasteiger partial charge is 0.366 e. The summed E-state index contributed by atoms with van der Waals surface area (Å²) in [5.41, 5.74) is 5.87. The number of nitrogens with two attached hydrogens (primary N) is 1. The minimum absolute atomic E-state index is 0.335. The summed E-state index contributed by atoms with van der Waals surface area (Å²) in [6.45, 7) is 3.12. The van der Waals surface area contributed by atoms with E-state index < -0.39 is 0 Å². The average Bonchev–Trinajstić information content (AvgIpc) is 2.86. The van der Waals surface area contributed by atoms with Crippen LogP contribution in [-0.4, -0.2) is 11.9 Å². The maximum atomic E-state index is 11.0. The van der Waals surface area contributed by atoms with Crippen LogP contribution in [-0.2, 0) is 6.54 Å². The molecule has 1 fully saturated rings. The van der Waals surface area contributed by atoms with Crippen molar-refractivity contribution in [3.63, 3.8) is 0 Å². The molecule has 0 aliphatic heterocycles. The molecule has 1 aliphatic rings. The summed E-state index contributed by atoms with van der Waals surface area (Å²) < 4.78 is 0. The first-order valence-electron chi connectivity index (χ1n) is 6.77. The van der Waals surface area contributed by atoms with E-state index in [0.717, 1.165) is 12.5 Å². The van der Waals surface area contributed by atoms with Crippen molar-refractivity contribution in [2.75, 3.05) is 0 Å². The average molecular weight is 266 g/mol. The van der Waals surface area contributed by atoms with Crippen LogP contribution in [0, 0.1) is 5.92 Å². The molecule has 4 heteroatoms. The van der Waals surface area contributed by atoms with E-state index in [1.807, 2.05) is 11.4 Å². The summed E-state index contributed by atoms with van der Waals surface area (Å²) in [6.07, 6.45) is 6.86. The number of carbonyl (C=O) groups excluding carboxylic acids is 1. The summed E-state index contributed by atoms with van der Waals surface area (Å²) >= 11 is 1.60. The van der Waals surface area contributed by atoms with Crippen LogP contribution in [0.25, 0.3) is 0 Å². The van der Waals surface area contributed by atoms with Gasteiger partial charge in [0.05, 0.1) is 5.56 Å². The van der Waals surface area contributed by atoms with Crippen molar-refractivity contribution >= 4 is 17.2 Å². The Balaban J connectivity index is 1.80. The number of hydrogen-bond donors (Lipinski definition) is 2. The van der Waals surface area contributed by atoms with Crippen molar-refractivity contribution in [3.8, 4) is 0 Å². The summed E-state index contributed by atoms with van der Waals surface area (Å²) in [7, 11) is 0. The van der Waals surface area contributed by atoms with E-state index >= 15 is 0 Å². The van der Waals surface area contributed by atoms with Gasteiger partial charge in [-0.2, -0.15) is 0 Å². The lowest BCUT2D eigenvalue weighted by Crippen LogP contribution is -2.34. The standard InChI is InChI=1S/C14H22N2OS/c1-10(11-5-3-2-4-6-11)16-8-13-7-12(9-18-13)14(15)17/h7,9-11,16H,2-6,8H2,1H3,(H2,15,17)/t10-/m1/s1. The van der Waals surface area contributed by atoms with E-state index in [9.17, 15) is 4.79 Å². The van der Waals surface area contributed by atoms with E-state index in [1.165, 1.54) is 37.0 Å². The SMILES string of the molecule is C[C@@H](NCc1cc(C(N)=O)cs1)C1CCCCC1. The van der Waals surface area contributed by atoms with E-state index in [1.54, 1.807) is 11.3 Å². The number of amides is 1. The van der Waals surface area contributed by atoms with Gasteiger partial charge in [-0.15, -0.1) is 11.3 Å². The van der Waals surface area contributed by atoms with Crippen LogP contribution in [0.15, 0.2) is 11.4 Å². The Kier molecular flexibility index (Phi) is 4.78. The predicted octanol–water partition coefficient (Wildman–Crippen LogP) is 2.91. The van der Waals surface area contributed by atoms with Crippen molar-refractivity contribution in [2.24, 2.45) is 11.7 Å². The predicted molar refractivity (Wildman–Crippen MR) is 75.7 cm³/mol. The lowest BCUT2D eigenvalue weighted by molar-refractivity contribution is 0.100. The summed E-state index contributed by atoms with van der Waals surface area (Å²) in [5, 5.41) is 5.42. The second kappa shape index (κ2) is 6.34. The molecule has 0 radical (unpaired) electrons. The Hall–Kier alpha value is -0.870. The zero-order valence-corrected chi connectivity index (χ0v) is 11.8. The Morgan fingerprint density at radius 3 is 2.83 bits per heavy atom. The monoisotopic (exact) mass is 266 g/mol. The molecule has 0 spiro atoms. The minimum Gasteiger partial charge on any atom is -0.366 e. The van der Waals surface area contributed by atoms with Crippen molar-refractivity contribution in [1.29, 1.82) is 0 Å². The van der Waals surface area contributed by atoms with Gasteiger partial charge in [0.25, 0.3) is 0 Å². The number of primary amides is 1. The van der Waals surface area contributed by atoms with E-state index in [4.69, 9.17) is 5.73 Å². The van der Waals surface area contributed by atoms with Crippen LogP contribution in [0.3, 0.4) is 0 Å². The van der Waals surface area contributed by atoms with Gasteiger partial charge in [-0.05, 0) is 31.7 Å². The smallest absolute Gasteiger partial charge is 0.249 e. The summed E-state index contributed by atoms with van der Waals surface area (Å²) in [4.78, 5) is 12.2. The Labute approximate surface area is 113 Å². The van der Waals surface area contributed by atoms with Crippen molar-refractivity contribution in [2.45, 2.75) is 51.6 Å². The van der Waals surface area contributed by atoms with Crippen LogP contribution in [0.2, 0.25) is 0 Å². The quantitative estimate of drug-likeness (QED) is 0.861. The molecule has 3 N–H and O–H groups in total. The third-order valence-electron chi connectivity index (χ3n) is 3.89. The molecule has 100 valence electrons. The molecule has 1 atom stereocenters. The highest BCUT2D eigenvalue weighted by Crippen LogP contribution is 2.26. The molecule has 1 aromatic heterocycles. The number of nitrogens with one attached hydrogen (secondary N) is 1. The Morgan fingerprint density at radius 2 is 2.22 bits per heavy atom. The van der Waals surface area contributed by atoms with Gasteiger partial charge in [-0.1, -0.05) is 19.3 Å². The molecule has 0 unspecified atom stereocenters. The van der Waals surface area contributed by atoms with Gasteiger partial charge in [0.2, 0.25) is 5.91 Å². The molecule has 0 aromatic carbocycles. The van der Waals surface area contributed by atoms with Gasteiger partial charge in [-0.3, -0.25) is 4.79 Å². The van der Waals surface area contributed by atoms with Crippen LogP contribution in [0.1, 0.15) is 54.3 Å². The Morgan fingerprint density at radius 1 is 1.50 bits per heavy atom. The maximum absolute atomic E-state index is 11.0. The van der Waals surface area contributed by atoms with Gasteiger partial charge in [0.1, 0.15) is 0 Å². The second-order valence-corrected chi connectivity index (χ2v) is 6.23. The zero-order valence-electron chi connectivity index (χ0n) is 10.9. The molecule has 18 heavy (non-hydrogen) atoms. The number of hydrogen-bond acceptors (Lipinski definition) is 3. The fourth-order valence-electron chi connectivity index (χ4n) is 2.66. The van der Waals surface area contributed by atoms with Crippen LogP contribution >= 0.6 is 11.3 Å². The first-order valence-corrected chi connectivity index (χ1v) is 7.65. The highest BCUT2D eigenvalue weighted by molar-refractivity contribution is 7.10. The Bertz CT molecular complexity index is 396. The highest BCUT2D eigenvalue weighted by Gasteiger charge is 2.19. The molecule has 3 nitrogen and oxygen atoms in total. The third-order valence-corrected chi connectivity index (χ3v) is 4.83. The lowest BCUT2D eigenvalue weighted by Gasteiger charge is -2.28. The molecular weight excluding hydrogens is 244 g/mol. The summed E-state index contributed by atoms with van der Waals surface area (Å²) in [5.74, 6) is 0.479. The number of carbonyl (C=O) groups is 1. The third kappa shape index (κ3) is 3.56. The maximum Gasteiger partial charge on any atom is 0.249 e. The molecule has 1 heterocycles. The molecule has 1 saturated carbocycles. The van der Waals surface area contributed by atoms with Crippen molar-refractivity contribution in [1.82, 2.24) is 5.32 Å². The normalized spacial score (nSPS) is 18.7. The van der Waals surface area contributed by atoms with E-state index in [-0.39, 0.29) is 5.91 Å². The van der Waals surface area contributed by atoms with Crippen molar-refractivity contribution < 1.29 is 4.79 Å². The zero-order chi connectivity index (χ0) is 13.0. The molecule has 1 aromatic rings. The fourth-order valence-corrected chi connectivity index (χ4v) is 3.49. The molecular formula is C14H22N2OS. The van der Waals surface area contributed by atoms with Gasteiger partial charge >= 0.3 is 0 Å². The van der Waals surface area contributed by atoms with Gasteiger partial charge < -0.3 is 11.1 Å². The topological polar surface area (TPSA) is 55.1 Å². The van der Waals surface area contributed by atoms with Gasteiger partial charge in [-0.25, -0.2) is 0 Å². The minimum atomic E-state index is -0.335. The van der Waals surface area contributed by atoms with Gasteiger partial charge in [0, 0.05) is 22.8 Å². The number of thiophene rings is 1.